The van der Waals surface area contributed by atoms with E-state index in [4.69, 9.17) is 47.4 Å². The summed E-state index contributed by atoms with van der Waals surface area (Å²) in [5.41, 5.74) is 4.85. The SMILES string of the molecule is COc1nc(-c2cccc(-c3ccnc(-c4cc(OC)c5nc(CNC6CC(C)(O)C6)cn5c4)c3Cl)c2Cl)ccc1CN(C(=O)OC[C@@H]1CCC(=O)N1)C(C)(C)C. The highest BCUT2D eigenvalue weighted by molar-refractivity contribution is 6.39. The van der Waals surface area contributed by atoms with Gasteiger partial charge < -0.3 is 34.4 Å². The number of imidazole rings is 1. The number of halogens is 2. The molecule has 5 aromatic rings. The molecule has 1 atom stereocenters. The second kappa shape index (κ2) is 16.1. The molecule has 0 radical (unpaired) electrons. The first-order valence-electron chi connectivity index (χ1n) is 18.9. The zero-order valence-electron chi connectivity index (χ0n) is 32.9. The molecule has 1 aliphatic carbocycles. The fourth-order valence-corrected chi connectivity index (χ4v) is 8.03. The first kappa shape index (κ1) is 40.3. The molecular weight excluding hydrogens is 769 g/mol. The maximum atomic E-state index is 13.3. The van der Waals surface area contributed by atoms with E-state index in [9.17, 15) is 14.7 Å². The number of fused-ring (bicyclic) bond motifs is 1. The van der Waals surface area contributed by atoms with Gasteiger partial charge in [0.1, 0.15) is 6.61 Å². The minimum Gasteiger partial charge on any atom is -0.493 e. The van der Waals surface area contributed by atoms with Crippen molar-refractivity contribution in [3.05, 3.63) is 82.4 Å². The third-order valence-electron chi connectivity index (χ3n) is 10.4. The normalized spacial score (nSPS) is 19.3. The van der Waals surface area contributed by atoms with Crippen molar-refractivity contribution in [1.29, 1.82) is 0 Å². The summed E-state index contributed by atoms with van der Waals surface area (Å²) in [6, 6.07) is 13.1. The molecule has 1 aromatic carbocycles. The van der Waals surface area contributed by atoms with Crippen LogP contribution in [0.2, 0.25) is 10.0 Å². The molecule has 0 bridgehead atoms. The number of aromatic nitrogens is 4. The number of carbonyl (C=O) groups excluding carboxylic acids is 2. The number of hydrogen-bond donors (Lipinski definition) is 3. The highest BCUT2D eigenvalue weighted by Crippen LogP contribution is 2.42. The molecule has 1 saturated carbocycles. The van der Waals surface area contributed by atoms with Gasteiger partial charge in [-0.25, -0.2) is 14.8 Å². The Kier molecular flexibility index (Phi) is 11.4. The molecule has 57 heavy (non-hydrogen) atoms. The van der Waals surface area contributed by atoms with Crippen molar-refractivity contribution in [1.82, 2.24) is 34.9 Å². The molecule has 13 nitrogen and oxygen atoms in total. The molecule has 2 amide bonds. The van der Waals surface area contributed by atoms with Gasteiger partial charge in [0, 0.05) is 71.0 Å². The van der Waals surface area contributed by atoms with Crippen LogP contribution in [0.25, 0.3) is 39.3 Å². The Morgan fingerprint density at radius 2 is 1.81 bits per heavy atom. The highest BCUT2D eigenvalue weighted by atomic mass is 35.5. The molecule has 0 unspecified atom stereocenters. The Morgan fingerprint density at radius 1 is 1.05 bits per heavy atom. The summed E-state index contributed by atoms with van der Waals surface area (Å²) in [5, 5.41) is 17.2. The number of aliphatic hydroxyl groups is 1. The van der Waals surface area contributed by atoms with Crippen LogP contribution in [-0.2, 0) is 22.6 Å². The summed E-state index contributed by atoms with van der Waals surface area (Å²) in [7, 11) is 3.13. The Morgan fingerprint density at radius 3 is 2.49 bits per heavy atom. The second-order valence-corrected chi connectivity index (χ2v) is 16.7. The predicted octanol–water partition coefficient (Wildman–Crippen LogP) is 7.47. The number of rotatable bonds is 12. The molecule has 5 heterocycles. The van der Waals surface area contributed by atoms with E-state index in [1.165, 1.54) is 7.11 Å². The van der Waals surface area contributed by atoms with Gasteiger partial charge >= 0.3 is 6.09 Å². The Balaban J connectivity index is 1.14. The van der Waals surface area contributed by atoms with Crippen LogP contribution in [0, 0.1) is 0 Å². The smallest absolute Gasteiger partial charge is 0.410 e. The lowest BCUT2D eigenvalue weighted by Crippen LogP contribution is -2.51. The Labute approximate surface area is 341 Å². The van der Waals surface area contributed by atoms with E-state index in [1.807, 2.05) is 87.0 Å². The van der Waals surface area contributed by atoms with Crippen molar-refractivity contribution in [2.75, 3.05) is 20.8 Å². The van der Waals surface area contributed by atoms with Crippen molar-refractivity contribution in [3.63, 3.8) is 0 Å². The van der Waals surface area contributed by atoms with Crippen LogP contribution in [0.3, 0.4) is 0 Å². The lowest BCUT2D eigenvalue weighted by Gasteiger charge is -2.41. The molecule has 1 aliphatic heterocycles. The summed E-state index contributed by atoms with van der Waals surface area (Å²) in [4.78, 5) is 40.8. The zero-order chi connectivity index (χ0) is 40.6. The van der Waals surface area contributed by atoms with E-state index < -0.39 is 17.2 Å². The van der Waals surface area contributed by atoms with E-state index in [1.54, 1.807) is 18.2 Å². The van der Waals surface area contributed by atoms with Gasteiger partial charge in [-0.15, -0.1) is 0 Å². The Hall–Kier alpha value is -4.95. The van der Waals surface area contributed by atoms with E-state index in [0.717, 1.165) is 11.3 Å². The molecule has 1 saturated heterocycles. The number of carbonyl (C=O) groups is 2. The Bertz CT molecular complexity index is 2320. The quantitative estimate of drug-likeness (QED) is 0.116. The van der Waals surface area contributed by atoms with Crippen molar-refractivity contribution >= 4 is 40.8 Å². The van der Waals surface area contributed by atoms with Crippen LogP contribution in [0.4, 0.5) is 4.79 Å². The standard InChI is InChI=1S/C42H47Cl2N7O6/c1-41(2,3)51(40(53)57-23-26-11-13-34(52)47-26)21-24-10-12-32(49-39(24)56-6)31-9-7-8-29(35(31)43)30-14-15-45-37(36(30)44)25-16-33(55-5)38-48-28(22-50(38)20-25)19-46-27-17-42(4,54)18-27/h7-10,12,14-16,20,22,26-27,46,54H,11,13,17-19,21,23H2,1-6H3,(H,47,52)/t26-,27?,42?/m0/s1. The fourth-order valence-electron chi connectivity index (χ4n) is 7.38. The summed E-state index contributed by atoms with van der Waals surface area (Å²) >= 11 is 14.3. The number of ether oxygens (including phenoxy) is 3. The molecular formula is C42H47Cl2N7O6. The first-order valence-corrected chi connectivity index (χ1v) is 19.6. The van der Waals surface area contributed by atoms with Crippen LogP contribution >= 0.6 is 23.2 Å². The van der Waals surface area contributed by atoms with Crippen molar-refractivity contribution in [2.24, 2.45) is 0 Å². The first-order chi connectivity index (χ1) is 27.1. The fraction of sp³-hybridized carbons (Fsp3) is 0.405. The number of hydrogen-bond acceptors (Lipinski definition) is 10. The molecule has 0 spiro atoms. The predicted molar refractivity (Wildman–Crippen MR) is 219 cm³/mol. The van der Waals surface area contributed by atoms with Crippen molar-refractivity contribution in [3.8, 4) is 45.3 Å². The number of nitrogens with one attached hydrogen (secondary N) is 2. The minimum atomic E-state index is -0.606. The van der Waals surface area contributed by atoms with Crippen LogP contribution in [0.5, 0.6) is 11.6 Å². The minimum absolute atomic E-state index is 0.0381. The lowest BCUT2D eigenvalue weighted by molar-refractivity contribution is -0.119. The number of methoxy groups -OCH3 is 2. The van der Waals surface area contributed by atoms with Crippen LogP contribution in [-0.4, -0.2) is 85.4 Å². The molecule has 15 heteroatoms. The van der Waals surface area contributed by atoms with Gasteiger partial charge in [-0.3, -0.25) is 14.7 Å². The lowest BCUT2D eigenvalue weighted by atomic mass is 9.77. The maximum absolute atomic E-state index is 13.3. The average Bonchev–Trinajstić information content (AvgIpc) is 3.79. The van der Waals surface area contributed by atoms with Crippen LogP contribution in [0.1, 0.15) is 64.6 Å². The molecule has 300 valence electrons. The summed E-state index contributed by atoms with van der Waals surface area (Å²) in [6.07, 6.45) is 7.53. The number of nitrogens with zero attached hydrogens (tertiary/aromatic N) is 5. The number of pyridine rings is 3. The van der Waals surface area contributed by atoms with Gasteiger partial charge in [-0.05, 0) is 71.2 Å². The van der Waals surface area contributed by atoms with Gasteiger partial charge in [0.15, 0.2) is 11.4 Å². The summed E-state index contributed by atoms with van der Waals surface area (Å²) in [5.74, 6) is 0.866. The molecule has 3 N–H and O–H groups in total. The van der Waals surface area contributed by atoms with Gasteiger partial charge in [0.2, 0.25) is 11.8 Å². The molecule has 2 aliphatic rings. The zero-order valence-corrected chi connectivity index (χ0v) is 34.4. The van der Waals surface area contributed by atoms with Crippen molar-refractivity contribution < 1.29 is 28.9 Å². The summed E-state index contributed by atoms with van der Waals surface area (Å²) < 4.78 is 19.0. The molecule has 7 rings (SSSR count). The third kappa shape index (κ3) is 8.67. The topological polar surface area (TPSA) is 152 Å². The van der Waals surface area contributed by atoms with Crippen LogP contribution in [0.15, 0.2) is 61.1 Å². The monoisotopic (exact) mass is 815 g/mol. The third-order valence-corrected chi connectivity index (χ3v) is 11.2. The van der Waals surface area contributed by atoms with E-state index >= 15 is 0 Å². The number of benzene rings is 1. The largest absolute Gasteiger partial charge is 0.493 e. The molecule has 2 fully saturated rings. The average molecular weight is 817 g/mol. The van der Waals surface area contributed by atoms with Gasteiger partial charge in [-0.2, -0.15) is 0 Å². The van der Waals surface area contributed by atoms with Crippen LogP contribution < -0.4 is 20.1 Å². The van der Waals surface area contributed by atoms with Crippen molar-refractivity contribution in [2.45, 2.75) is 89.7 Å². The van der Waals surface area contributed by atoms with Gasteiger partial charge in [0.25, 0.3) is 0 Å². The van der Waals surface area contributed by atoms with E-state index in [0.29, 0.717) is 93.2 Å². The molecule has 4 aromatic heterocycles. The van der Waals surface area contributed by atoms with Gasteiger partial charge in [0.05, 0.1) is 59.5 Å². The second-order valence-electron chi connectivity index (χ2n) is 15.9. The number of amides is 2. The maximum Gasteiger partial charge on any atom is 0.410 e. The van der Waals surface area contributed by atoms with E-state index in [2.05, 4.69) is 15.6 Å². The highest BCUT2D eigenvalue weighted by Gasteiger charge is 2.38. The summed E-state index contributed by atoms with van der Waals surface area (Å²) in [6.45, 7) is 8.46. The van der Waals surface area contributed by atoms with E-state index in [-0.39, 0.29) is 31.1 Å². The van der Waals surface area contributed by atoms with Gasteiger partial charge in [-0.1, -0.05) is 41.4 Å².